The summed E-state index contributed by atoms with van der Waals surface area (Å²) in [7, 11) is 0. The minimum absolute atomic E-state index is 0.303. The number of aliphatic hydroxyl groups excluding tert-OH is 2. The highest BCUT2D eigenvalue weighted by atomic mass is 16.3. The van der Waals surface area contributed by atoms with E-state index in [1.54, 1.807) is 0 Å². The Morgan fingerprint density at radius 1 is 1.00 bits per heavy atom. The second-order valence-electron chi connectivity index (χ2n) is 5.42. The average Bonchev–Trinajstić information content (AvgIpc) is 2.16. The Morgan fingerprint density at radius 3 is 1.94 bits per heavy atom. The molecule has 1 rings (SSSR count). The zero-order valence-electron chi connectivity index (χ0n) is 10.7. The molecule has 0 spiro atoms. The average molecular weight is 229 g/mol. The fraction of sp³-hybridized carbons (Fsp3) is 1.00. The first-order valence-corrected chi connectivity index (χ1v) is 6.66. The van der Waals surface area contributed by atoms with Crippen LogP contribution in [-0.2, 0) is 0 Å². The van der Waals surface area contributed by atoms with Crippen LogP contribution in [0.3, 0.4) is 0 Å². The van der Waals surface area contributed by atoms with Crippen LogP contribution in [0, 0.1) is 5.92 Å². The van der Waals surface area contributed by atoms with Crippen LogP contribution in [0.4, 0.5) is 0 Å². The van der Waals surface area contributed by atoms with Gasteiger partial charge in [0, 0.05) is 19.6 Å². The van der Waals surface area contributed by atoms with Gasteiger partial charge in [0.1, 0.15) is 0 Å². The maximum atomic E-state index is 9.44. The quantitative estimate of drug-likeness (QED) is 0.727. The third-order valence-electron chi connectivity index (χ3n) is 3.29. The van der Waals surface area contributed by atoms with Gasteiger partial charge in [-0.15, -0.1) is 0 Å². The molecule has 0 aliphatic heterocycles. The first kappa shape index (κ1) is 13.9. The highest BCUT2D eigenvalue weighted by molar-refractivity contribution is 4.72. The zero-order chi connectivity index (χ0) is 12.0. The molecule has 2 N–H and O–H groups in total. The van der Waals surface area contributed by atoms with Crippen molar-refractivity contribution in [2.45, 2.75) is 58.2 Å². The summed E-state index contributed by atoms with van der Waals surface area (Å²) in [6, 6.07) is 0. The summed E-state index contributed by atoms with van der Waals surface area (Å²) in [6.07, 6.45) is 6.10. The third kappa shape index (κ3) is 5.83. The normalized spacial score (nSPS) is 22.3. The third-order valence-corrected chi connectivity index (χ3v) is 3.29. The second-order valence-corrected chi connectivity index (χ2v) is 5.42. The smallest absolute Gasteiger partial charge is 0.0639 e. The van der Waals surface area contributed by atoms with Crippen molar-refractivity contribution in [2.24, 2.45) is 5.92 Å². The lowest BCUT2D eigenvalue weighted by molar-refractivity contribution is 0.0693. The fourth-order valence-electron chi connectivity index (χ4n) is 2.71. The topological polar surface area (TPSA) is 43.7 Å². The Labute approximate surface area is 99.5 Å². The lowest BCUT2D eigenvalue weighted by Gasteiger charge is -2.31. The summed E-state index contributed by atoms with van der Waals surface area (Å²) in [5.41, 5.74) is 0. The van der Waals surface area contributed by atoms with Crippen LogP contribution in [0.15, 0.2) is 0 Å². The predicted octanol–water partition coefficient (Wildman–Crippen LogP) is 1.63. The molecule has 96 valence electrons. The molecule has 1 saturated carbocycles. The van der Waals surface area contributed by atoms with Crippen molar-refractivity contribution in [2.75, 3.05) is 19.6 Å². The molecule has 16 heavy (non-hydrogen) atoms. The van der Waals surface area contributed by atoms with Gasteiger partial charge in [0.25, 0.3) is 0 Å². The van der Waals surface area contributed by atoms with Crippen molar-refractivity contribution >= 4 is 0 Å². The van der Waals surface area contributed by atoms with Crippen molar-refractivity contribution < 1.29 is 10.2 Å². The van der Waals surface area contributed by atoms with Crippen molar-refractivity contribution in [3.05, 3.63) is 0 Å². The number of rotatable bonds is 6. The van der Waals surface area contributed by atoms with Gasteiger partial charge >= 0.3 is 0 Å². The molecule has 1 aliphatic rings. The summed E-state index contributed by atoms with van der Waals surface area (Å²) < 4.78 is 0. The predicted molar refractivity (Wildman–Crippen MR) is 66.4 cm³/mol. The molecule has 0 radical (unpaired) electrons. The van der Waals surface area contributed by atoms with E-state index in [1.807, 2.05) is 13.8 Å². The molecule has 0 amide bonds. The maximum absolute atomic E-state index is 9.44. The van der Waals surface area contributed by atoms with Gasteiger partial charge in [-0.05, 0) is 32.6 Å². The number of nitrogens with zero attached hydrogens (tertiary/aromatic N) is 1. The first-order valence-electron chi connectivity index (χ1n) is 6.66. The molecule has 0 heterocycles. The van der Waals surface area contributed by atoms with Gasteiger partial charge < -0.3 is 10.2 Å². The van der Waals surface area contributed by atoms with Crippen molar-refractivity contribution in [3.8, 4) is 0 Å². The number of hydrogen-bond acceptors (Lipinski definition) is 3. The van der Waals surface area contributed by atoms with Gasteiger partial charge in [-0.2, -0.15) is 0 Å². The van der Waals surface area contributed by atoms with E-state index < -0.39 is 0 Å². The minimum Gasteiger partial charge on any atom is -0.392 e. The van der Waals surface area contributed by atoms with Gasteiger partial charge in [-0.25, -0.2) is 0 Å². The molecule has 3 nitrogen and oxygen atoms in total. The Hall–Kier alpha value is -0.120. The lowest BCUT2D eigenvalue weighted by atomic mass is 9.89. The molecule has 0 bridgehead atoms. The van der Waals surface area contributed by atoms with E-state index in [0.29, 0.717) is 13.1 Å². The van der Waals surface area contributed by atoms with E-state index in [1.165, 1.54) is 32.1 Å². The van der Waals surface area contributed by atoms with Crippen LogP contribution in [0.25, 0.3) is 0 Å². The van der Waals surface area contributed by atoms with Crippen LogP contribution >= 0.6 is 0 Å². The maximum Gasteiger partial charge on any atom is 0.0639 e. The molecular weight excluding hydrogens is 202 g/mol. The van der Waals surface area contributed by atoms with E-state index in [9.17, 15) is 10.2 Å². The number of aliphatic hydroxyl groups is 2. The lowest BCUT2D eigenvalue weighted by Crippen LogP contribution is -2.39. The minimum atomic E-state index is -0.303. The van der Waals surface area contributed by atoms with Crippen molar-refractivity contribution in [3.63, 3.8) is 0 Å². The van der Waals surface area contributed by atoms with Gasteiger partial charge in [0.2, 0.25) is 0 Å². The molecular formula is C13H27NO2. The Bertz CT molecular complexity index is 167. The van der Waals surface area contributed by atoms with Crippen LogP contribution in [0.2, 0.25) is 0 Å². The highest BCUT2D eigenvalue weighted by Gasteiger charge is 2.19. The van der Waals surface area contributed by atoms with Crippen molar-refractivity contribution in [1.29, 1.82) is 0 Å². The van der Waals surface area contributed by atoms with Gasteiger partial charge in [-0.1, -0.05) is 19.3 Å². The van der Waals surface area contributed by atoms with Crippen LogP contribution < -0.4 is 0 Å². The van der Waals surface area contributed by atoms with Gasteiger partial charge in [-0.3, -0.25) is 4.90 Å². The highest BCUT2D eigenvalue weighted by Crippen LogP contribution is 2.24. The van der Waals surface area contributed by atoms with E-state index in [0.717, 1.165) is 12.5 Å². The van der Waals surface area contributed by atoms with E-state index >= 15 is 0 Å². The standard InChI is InChI=1S/C13H27NO2/c1-11(15)8-14(9-12(2)16)10-13-6-4-3-5-7-13/h11-13,15-16H,3-10H2,1-2H3. The summed E-state index contributed by atoms with van der Waals surface area (Å²) >= 11 is 0. The summed E-state index contributed by atoms with van der Waals surface area (Å²) in [6.45, 7) is 6.03. The zero-order valence-corrected chi connectivity index (χ0v) is 10.7. The van der Waals surface area contributed by atoms with E-state index in [-0.39, 0.29) is 12.2 Å². The Morgan fingerprint density at radius 2 is 1.50 bits per heavy atom. The SMILES string of the molecule is CC(O)CN(CC(C)O)CC1CCCCC1. The van der Waals surface area contributed by atoms with E-state index in [2.05, 4.69) is 4.90 Å². The van der Waals surface area contributed by atoms with Gasteiger partial charge in [0.15, 0.2) is 0 Å². The largest absolute Gasteiger partial charge is 0.392 e. The van der Waals surface area contributed by atoms with E-state index in [4.69, 9.17) is 0 Å². The molecule has 2 atom stereocenters. The first-order chi connectivity index (χ1) is 7.58. The molecule has 3 heteroatoms. The van der Waals surface area contributed by atoms with Crippen LogP contribution in [0.5, 0.6) is 0 Å². The number of hydrogen-bond donors (Lipinski definition) is 2. The molecule has 0 aromatic rings. The molecule has 1 fully saturated rings. The Kier molecular flexibility index (Phi) is 6.32. The van der Waals surface area contributed by atoms with Crippen LogP contribution in [-0.4, -0.2) is 47.0 Å². The van der Waals surface area contributed by atoms with Gasteiger partial charge in [0.05, 0.1) is 12.2 Å². The molecule has 1 aliphatic carbocycles. The Balaban J connectivity index is 2.35. The second kappa shape index (κ2) is 7.25. The molecule has 0 aromatic carbocycles. The summed E-state index contributed by atoms with van der Waals surface area (Å²) in [5.74, 6) is 0.770. The molecule has 0 aromatic heterocycles. The van der Waals surface area contributed by atoms with Crippen molar-refractivity contribution in [1.82, 2.24) is 4.90 Å². The summed E-state index contributed by atoms with van der Waals surface area (Å²) in [4.78, 5) is 2.21. The fourth-order valence-corrected chi connectivity index (χ4v) is 2.71. The molecule has 2 unspecified atom stereocenters. The summed E-state index contributed by atoms with van der Waals surface area (Å²) in [5, 5.41) is 18.9. The van der Waals surface area contributed by atoms with Crippen LogP contribution in [0.1, 0.15) is 46.0 Å². The molecule has 0 saturated heterocycles. The monoisotopic (exact) mass is 229 g/mol.